The van der Waals surface area contributed by atoms with Crippen molar-refractivity contribution in [1.82, 2.24) is 5.43 Å². The molecule has 0 aliphatic carbocycles. The molecule has 0 fully saturated rings. The minimum absolute atomic E-state index is 0.147. The molecule has 7 nitrogen and oxygen atoms in total. The van der Waals surface area contributed by atoms with Crippen LogP contribution in [0.2, 0.25) is 0 Å². The van der Waals surface area contributed by atoms with Gasteiger partial charge in [-0.05, 0) is 47.5 Å². The van der Waals surface area contributed by atoms with Crippen LogP contribution in [0, 0.1) is 0 Å². The predicted molar refractivity (Wildman–Crippen MR) is 96.4 cm³/mol. The summed E-state index contributed by atoms with van der Waals surface area (Å²) in [4.78, 5) is 22.9. The molecule has 0 radical (unpaired) electrons. The topological polar surface area (TPSA) is 86.2 Å². The minimum Gasteiger partial charge on any atom is -0.497 e. The molecular formula is C19H20N2O5. The van der Waals surface area contributed by atoms with E-state index in [1.165, 1.54) is 13.3 Å². The number of benzene rings is 2. The fraction of sp³-hybridized carbons (Fsp3) is 0.211. The lowest BCUT2D eigenvalue weighted by atomic mass is 10.1. The van der Waals surface area contributed by atoms with Gasteiger partial charge in [-0.1, -0.05) is 12.1 Å². The van der Waals surface area contributed by atoms with Crippen molar-refractivity contribution in [2.45, 2.75) is 6.42 Å². The Morgan fingerprint density at radius 3 is 2.27 bits per heavy atom. The molecule has 7 heteroatoms. The van der Waals surface area contributed by atoms with Crippen LogP contribution in [0.5, 0.6) is 11.5 Å². The molecule has 0 bridgehead atoms. The van der Waals surface area contributed by atoms with Crippen LogP contribution in [0.3, 0.4) is 0 Å². The smallest absolute Gasteiger partial charge is 0.343 e. The first-order chi connectivity index (χ1) is 12.6. The maximum Gasteiger partial charge on any atom is 0.343 e. The molecule has 2 aromatic carbocycles. The number of nitrogens with one attached hydrogen (secondary N) is 1. The Kier molecular flexibility index (Phi) is 7.17. The van der Waals surface area contributed by atoms with Gasteiger partial charge in [0.25, 0.3) is 0 Å². The number of rotatable bonds is 8. The molecule has 0 aliphatic rings. The van der Waals surface area contributed by atoms with Crippen molar-refractivity contribution in [3.05, 3.63) is 59.7 Å². The van der Waals surface area contributed by atoms with Crippen molar-refractivity contribution >= 4 is 18.1 Å². The number of hydrogen-bond donors (Lipinski definition) is 1. The molecule has 2 rings (SSSR count). The van der Waals surface area contributed by atoms with E-state index in [2.05, 4.69) is 15.3 Å². The maximum absolute atomic E-state index is 11.9. The van der Waals surface area contributed by atoms with E-state index in [0.717, 1.165) is 16.9 Å². The molecule has 0 spiro atoms. The molecule has 0 saturated heterocycles. The van der Waals surface area contributed by atoms with Gasteiger partial charge >= 0.3 is 5.97 Å². The SMILES string of the molecule is COC(=O)COc1ccc(/C=N/NC(=O)Cc2ccc(OC)cc2)cc1. The van der Waals surface area contributed by atoms with Gasteiger partial charge in [-0.25, -0.2) is 10.2 Å². The molecule has 0 unspecified atom stereocenters. The number of carbonyl (C=O) groups excluding carboxylic acids is 2. The van der Waals surface area contributed by atoms with E-state index in [1.54, 1.807) is 43.5 Å². The number of amides is 1. The highest BCUT2D eigenvalue weighted by molar-refractivity contribution is 5.83. The number of methoxy groups -OCH3 is 2. The Morgan fingerprint density at radius 1 is 1.00 bits per heavy atom. The van der Waals surface area contributed by atoms with Gasteiger partial charge in [0.15, 0.2) is 6.61 Å². The molecule has 26 heavy (non-hydrogen) atoms. The number of ether oxygens (including phenoxy) is 3. The van der Waals surface area contributed by atoms with Crippen molar-refractivity contribution in [2.75, 3.05) is 20.8 Å². The third-order valence-electron chi connectivity index (χ3n) is 3.39. The monoisotopic (exact) mass is 356 g/mol. The maximum atomic E-state index is 11.9. The molecular weight excluding hydrogens is 336 g/mol. The normalized spacial score (nSPS) is 10.4. The van der Waals surface area contributed by atoms with Gasteiger partial charge in [-0.3, -0.25) is 4.79 Å². The van der Waals surface area contributed by atoms with Crippen molar-refractivity contribution in [1.29, 1.82) is 0 Å². The minimum atomic E-state index is -0.449. The second-order valence-electron chi connectivity index (χ2n) is 5.25. The van der Waals surface area contributed by atoms with Gasteiger partial charge in [0.1, 0.15) is 11.5 Å². The summed E-state index contributed by atoms with van der Waals surface area (Å²) in [6.45, 7) is -0.147. The summed E-state index contributed by atoms with van der Waals surface area (Å²) in [5.74, 6) is 0.613. The summed E-state index contributed by atoms with van der Waals surface area (Å²) >= 11 is 0. The zero-order chi connectivity index (χ0) is 18.8. The Labute approximate surface area is 151 Å². The summed E-state index contributed by atoms with van der Waals surface area (Å²) in [6, 6.07) is 14.2. The van der Waals surface area contributed by atoms with Crippen LogP contribution < -0.4 is 14.9 Å². The summed E-state index contributed by atoms with van der Waals surface area (Å²) < 4.78 is 14.8. The lowest BCUT2D eigenvalue weighted by Crippen LogP contribution is -2.19. The summed E-state index contributed by atoms with van der Waals surface area (Å²) in [7, 11) is 2.89. The molecule has 1 amide bonds. The van der Waals surface area contributed by atoms with Gasteiger partial charge in [0.2, 0.25) is 5.91 Å². The first kappa shape index (κ1) is 19.0. The van der Waals surface area contributed by atoms with Crippen molar-refractivity contribution in [2.24, 2.45) is 5.10 Å². The van der Waals surface area contributed by atoms with E-state index in [-0.39, 0.29) is 18.9 Å². The molecule has 1 N–H and O–H groups in total. The first-order valence-electron chi connectivity index (χ1n) is 7.85. The molecule has 0 heterocycles. The lowest BCUT2D eigenvalue weighted by molar-refractivity contribution is -0.142. The zero-order valence-electron chi connectivity index (χ0n) is 14.6. The number of hydrazone groups is 1. The quantitative estimate of drug-likeness (QED) is 0.444. The van der Waals surface area contributed by atoms with Crippen LogP contribution >= 0.6 is 0 Å². The first-order valence-corrected chi connectivity index (χ1v) is 7.85. The van der Waals surface area contributed by atoms with Crippen LogP contribution in [0.25, 0.3) is 0 Å². The summed E-state index contributed by atoms with van der Waals surface area (Å²) in [6.07, 6.45) is 1.75. The van der Waals surface area contributed by atoms with Crippen LogP contribution in [0.4, 0.5) is 0 Å². The average Bonchev–Trinajstić information content (AvgIpc) is 2.67. The van der Waals surface area contributed by atoms with Crippen molar-refractivity contribution in [3.8, 4) is 11.5 Å². The highest BCUT2D eigenvalue weighted by Gasteiger charge is 2.03. The fourth-order valence-corrected chi connectivity index (χ4v) is 2.00. The largest absolute Gasteiger partial charge is 0.497 e. The van der Waals surface area contributed by atoms with E-state index >= 15 is 0 Å². The Bertz CT molecular complexity index is 755. The van der Waals surface area contributed by atoms with E-state index < -0.39 is 5.97 Å². The fourth-order valence-electron chi connectivity index (χ4n) is 2.00. The van der Waals surface area contributed by atoms with Gasteiger partial charge in [0.05, 0.1) is 26.9 Å². The molecule has 0 atom stereocenters. The third-order valence-corrected chi connectivity index (χ3v) is 3.39. The van der Waals surface area contributed by atoms with Crippen molar-refractivity contribution < 1.29 is 23.8 Å². The second-order valence-corrected chi connectivity index (χ2v) is 5.25. The second kappa shape index (κ2) is 9.83. The number of carbonyl (C=O) groups is 2. The number of nitrogens with zero attached hydrogens (tertiary/aromatic N) is 1. The van der Waals surface area contributed by atoms with Crippen LogP contribution in [0.15, 0.2) is 53.6 Å². The average molecular weight is 356 g/mol. The van der Waals surface area contributed by atoms with E-state index in [4.69, 9.17) is 9.47 Å². The van der Waals surface area contributed by atoms with Gasteiger partial charge < -0.3 is 14.2 Å². The Morgan fingerprint density at radius 2 is 1.65 bits per heavy atom. The predicted octanol–water partition coefficient (Wildman–Crippen LogP) is 1.94. The van der Waals surface area contributed by atoms with Crippen LogP contribution in [0.1, 0.15) is 11.1 Å². The van der Waals surface area contributed by atoms with Gasteiger partial charge in [-0.2, -0.15) is 5.10 Å². The van der Waals surface area contributed by atoms with Gasteiger partial charge in [-0.15, -0.1) is 0 Å². The van der Waals surface area contributed by atoms with E-state index in [0.29, 0.717) is 5.75 Å². The Hall–Kier alpha value is -3.35. The number of hydrogen-bond acceptors (Lipinski definition) is 6. The van der Waals surface area contributed by atoms with E-state index in [1.807, 2.05) is 12.1 Å². The van der Waals surface area contributed by atoms with Crippen molar-refractivity contribution in [3.63, 3.8) is 0 Å². The van der Waals surface area contributed by atoms with Crippen LogP contribution in [-0.4, -0.2) is 38.9 Å². The van der Waals surface area contributed by atoms with Crippen LogP contribution in [-0.2, 0) is 20.7 Å². The number of esters is 1. The summed E-state index contributed by atoms with van der Waals surface area (Å²) in [5, 5.41) is 3.92. The highest BCUT2D eigenvalue weighted by Crippen LogP contribution is 2.12. The Balaban J connectivity index is 1.79. The summed E-state index contributed by atoms with van der Waals surface area (Å²) in [5.41, 5.74) is 4.12. The molecule has 0 aromatic heterocycles. The third kappa shape index (κ3) is 6.27. The molecule has 0 aliphatic heterocycles. The highest BCUT2D eigenvalue weighted by atomic mass is 16.6. The lowest BCUT2D eigenvalue weighted by Gasteiger charge is -2.04. The van der Waals surface area contributed by atoms with Gasteiger partial charge in [0, 0.05) is 0 Å². The zero-order valence-corrected chi connectivity index (χ0v) is 14.6. The molecule has 136 valence electrons. The molecule has 2 aromatic rings. The standard InChI is InChI=1S/C19H20N2O5/c1-24-16-7-3-14(4-8-16)11-18(22)21-20-12-15-5-9-17(10-6-15)26-13-19(23)25-2/h3-10,12H,11,13H2,1-2H3,(H,21,22)/b20-12+. The van der Waals surface area contributed by atoms with E-state index in [9.17, 15) is 9.59 Å². The molecule has 0 saturated carbocycles.